The van der Waals surface area contributed by atoms with Crippen LogP contribution in [0.5, 0.6) is 17.2 Å². The molecule has 5 rings (SSSR count). The maximum Gasteiger partial charge on any atom is 0.313 e. The predicted molar refractivity (Wildman–Crippen MR) is 140 cm³/mol. The van der Waals surface area contributed by atoms with Crippen molar-refractivity contribution >= 4 is 17.7 Å². The van der Waals surface area contributed by atoms with Gasteiger partial charge < -0.3 is 28.9 Å². The van der Waals surface area contributed by atoms with Crippen molar-refractivity contribution in [3.8, 4) is 17.2 Å². The van der Waals surface area contributed by atoms with Gasteiger partial charge in [-0.25, -0.2) is 0 Å². The van der Waals surface area contributed by atoms with Crippen LogP contribution in [0.1, 0.15) is 42.0 Å². The van der Waals surface area contributed by atoms with E-state index in [9.17, 15) is 14.4 Å². The molecule has 0 radical (unpaired) electrons. The molecular weight excluding hydrogens is 486 g/mol. The maximum atomic E-state index is 13.7. The third kappa shape index (κ3) is 4.44. The molecule has 3 heterocycles. The average Bonchev–Trinajstić information content (AvgIpc) is 2.96. The molecule has 38 heavy (non-hydrogen) atoms. The fraction of sp³-hybridized carbons (Fsp3) is 0.483. The molecule has 3 aliphatic rings. The molecule has 3 unspecified atom stereocenters. The number of piperidine rings is 1. The summed E-state index contributed by atoms with van der Waals surface area (Å²) in [5.41, 5.74) is 3.14. The van der Waals surface area contributed by atoms with Crippen LogP contribution in [-0.4, -0.2) is 86.0 Å². The smallest absolute Gasteiger partial charge is 0.313 e. The van der Waals surface area contributed by atoms with Gasteiger partial charge in [-0.05, 0) is 73.1 Å². The molecule has 2 bridgehead atoms. The second kappa shape index (κ2) is 10.6. The summed E-state index contributed by atoms with van der Waals surface area (Å²) in [6.45, 7) is 0.966. The first-order chi connectivity index (χ1) is 18.4. The molecule has 0 saturated carbocycles. The number of carbonyl (C=O) groups excluding carboxylic acids is 3. The summed E-state index contributed by atoms with van der Waals surface area (Å²) in [6, 6.07) is 10.5. The summed E-state index contributed by atoms with van der Waals surface area (Å²) in [7, 11) is 6.44. The Balaban J connectivity index is 1.35. The number of fused-ring (bicyclic) bond motifs is 6. The van der Waals surface area contributed by atoms with Crippen molar-refractivity contribution in [1.82, 2.24) is 14.7 Å². The predicted octanol–water partition coefficient (Wildman–Crippen LogP) is 2.60. The van der Waals surface area contributed by atoms with E-state index in [4.69, 9.17) is 14.2 Å². The zero-order valence-electron chi connectivity index (χ0n) is 22.4. The van der Waals surface area contributed by atoms with Gasteiger partial charge in [0, 0.05) is 20.1 Å². The van der Waals surface area contributed by atoms with Crippen LogP contribution in [0, 0.1) is 0 Å². The van der Waals surface area contributed by atoms with Crippen LogP contribution in [-0.2, 0) is 27.2 Å². The Morgan fingerprint density at radius 3 is 2.53 bits per heavy atom. The lowest BCUT2D eigenvalue weighted by Gasteiger charge is -2.55. The topological polar surface area (TPSA) is 88.6 Å². The van der Waals surface area contributed by atoms with Gasteiger partial charge in [0.15, 0.2) is 11.5 Å². The Labute approximate surface area is 223 Å². The molecule has 0 spiro atoms. The van der Waals surface area contributed by atoms with E-state index in [2.05, 4.69) is 0 Å². The number of carbonyl (C=O) groups is 3. The number of benzene rings is 2. The minimum absolute atomic E-state index is 0.0541. The summed E-state index contributed by atoms with van der Waals surface area (Å²) in [6.07, 6.45) is 3.49. The van der Waals surface area contributed by atoms with Crippen molar-refractivity contribution in [2.45, 2.75) is 50.2 Å². The summed E-state index contributed by atoms with van der Waals surface area (Å²) in [4.78, 5) is 45.6. The second-order valence-electron chi connectivity index (χ2n) is 10.2. The minimum atomic E-state index is -0.594. The number of nitrogens with zero attached hydrogens (tertiary/aromatic N) is 3. The molecule has 2 aromatic carbocycles. The van der Waals surface area contributed by atoms with Gasteiger partial charge in [-0.3, -0.25) is 14.4 Å². The van der Waals surface area contributed by atoms with Gasteiger partial charge in [-0.1, -0.05) is 12.1 Å². The standard InChI is InChI=1S/C29H35N3O6/c1-30(14-12-18-8-11-24(37-3)25(16-18)38-4)28(34)29(35)32-22-6-5-7-23(32)27(33)31-15-13-19-17-20(36-2)9-10-21(19)26(22)31/h8-11,16-17,22-23,26H,5-7,12-15H2,1-4H3. The lowest BCUT2D eigenvalue weighted by atomic mass is 9.78. The molecule has 2 saturated heterocycles. The van der Waals surface area contributed by atoms with E-state index >= 15 is 0 Å². The van der Waals surface area contributed by atoms with Gasteiger partial charge in [0.2, 0.25) is 5.91 Å². The normalized spacial score (nSPS) is 21.8. The van der Waals surface area contributed by atoms with Crippen LogP contribution in [0.3, 0.4) is 0 Å². The monoisotopic (exact) mass is 521 g/mol. The zero-order valence-corrected chi connectivity index (χ0v) is 22.4. The first-order valence-electron chi connectivity index (χ1n) is 13.1. The van der Waals surface area contributed by atoms with E-state index in [1.54, 1.807) is 33.3 Å². The quantitative estimate of drug-likeness (QED) is 0.543. The molecule has 0 N–H and O–H groups in total. The van der Waals surface area contributed by atoms with Crippen LogP contribution in [0.25, 0.3) is 0 Å². The van der Waals surface area contributed by atoms with E-state index in [0.29, 0.717) is 37.4 Å². The fourth-order valence-corrected chi connectivity index (χ4v) is 6.20. The summed E-state index contributed by atoms with van der Waals surface area (Å²) < 4.78 is 16.1. The van der Waals surface area contributed by atoms with Crippen molar-refractivity contribution in [3.63, 3.8) is 0 Å². The van der Waals surface area contributed by atoms with Crippen molar-refractivity contribution in [2.75, 3.05) is 41.5 Å². The molecule has 3 atom stereocenters. The average molecular weight is 522 g/mol. The largest absolute Gasteiger partial charge is 0.497 e. The van der Waals surface area contributed by atoms with Gasteiger partial charge in [0.05, 0.1) is 33.4 Å². The number of piperazine rings is 1. The molecular formula is C29H35N3O6. The van der Waals surface area contributed by atoms with Crippen molar-refractivity contribution in [2.24, 2.45) is 0 Å². The Morgan fingerprint density at radius 1 is 1.00 bits per heavy atom. The summed E-state index contributed by atoms with van der Waals surface area (Å²) in [5.74, 6) is 0.790. The molecule has 3 aliphatic heterocycles. The van der Waals surface area contributed by atoms with Crippen molar-refractivity contribution in [3.05, 3.63) is 53.1 Å². The van der Waals surface area contributed by atoms with Gasteiger partial charge in [-0.15, -0.1) is 0 Å². The first kappa shape index (κ1) is 25.9. The number of likely N-dealkylation sites (N-methyl/N-ethyl adjacent to an activating group) is 1. The lowest BCUT2D eigenvalue weighted by molar-refractivity contribution is -0.171. The van der Waals surface area contributed by atoms with Crippen LogP contribution in [0.4, 0.5) is 0 Å². The highest BCUT2D eigenvalue weighted by atomic mass is 16.5. The summed E-state index contributed by atoms with van der Waals surface area (Å²) in [5, 5.41) is 0. The van der Waals surface area contributed by atoms with Gasteiger partial charge in [-0.2, -0.15) is 0 Å². The zero-order chi connectivity index (χ0) is 27.0. The van der Waals surface area contributed by atoms with E-state index in [1.807, 2.05) is 41.3 Å². The molecule has 9 heteroatoms. The van der Waals surface area contributed by atoms with Gasteiger partial charge in [0.1, 0.15) is 11.8 Å². The van der Waals surface area contributed by atoms with Gasteiger partial charge >= 0.3 is 11.8 Å². The first-order valence-corrected chi connectivity index (χ1v) is 13.1. The second-order valence-corrected chi connectivity index (χ2v) is 10.2. The number of hydrogen-bond acceptors (Lipinski definition) is 6. The molecule has 3 amide bonds. The maximum absolute atomic E-state index is 13.7. The van der Waals surface area contributed by atoms with E-state index < -0.39 is 17.9 Å². The number of hydrogen-bond donors (Lipinski definition) is 0. The SMILES string of the molecule is COc1ccc2c(c1)CCN1C(=O)C3CCCC(C21)N3C(=O)C(=O)N(C)CCc1ccc(OC)c(OC)c1. The number of methoxy groups -OCH3 is 3. The van der Waals surface area contributed by atoms with Crippen molar-refractivity contribution in [1.29, 1.82) is 0 Å². The van der Waals surface area contributed by atoms with E-state index in [0.717, 1.165) is 41.7 Å². The third-order valence-corrected chi connectivity index (χ3v) is 8.18. The minimum Gasteiger partial charge on any atom is -0.497 e. The van der Waals surface area contributed by atoms with E-state index in [-0.39, 0.29) is 18.0 Å². The Hall–Kier alpha value is -3.75. The van der Waals surface area contributed by atoms with Crippen LogP contribution >= 0.6 is 0 Å². The Kier molecular flexibility index (Phi) is 7.19. The lowest BCUT2D eigenvalue weighted by Crippen LogP contribution is -2.68. The fourth-order valence-electron chi connectivity index (χ4n) is 6.20. The molecule has 0 aliphatic carbocycles. The Bertz CT molecular complexity index is 1250. The Morgan fingerprint density at radius 2 is 1.79 bits per heavy atom. The van der Waals surface area contributed by atoms with Crippen LogP contribution in [0.15, 0.2) is 36.4 Å². The number of rotatable bonds is 6. The van der Waals surface area contributed by atoms with Crippen molar-refractivity contribution < 1.29 is 28.6 Å². The van der Waals surface area contributed by atoms with E-state index in [1.165, 1.54) is 4.90 Å². The molecule has 0 aromatic heterocycles. The summed E-state index contributed by atoms with van der Waals surface area (Å²) >= 11 is 0. The molecule has 9 nitrogen and oxygen atoms in total. The highest BCUT2D eigenvalue weighted by molar-refractivity contribution is 6.35. The molecule has 2 fully saturated rings. The number of ether oxygens (including phenoxy) is 3. The molecule has 202 valence electrons. The van der Waals surface area contributed by atoms with Gasteiger partial charge in [0.25, 0.3) is 0 Å². The van der Waals surface area contributed by atoms with Crippen LogP contribution < -0.4 is 14.2 Å². The highest BCUT2D eigenvalue weighted by Gasteiger charge is 2.53. The highest BCUT2D eigenvalue weighted by Crippen LogP contribution is 2.45. The third-order valence-electron chi connectivity index (χ3n) is 8.18. The number of amides is 3. The molecule has 2 aromatic rings. The van der Waals surface area contributed by atoms with Crippen LogP contribution in [0.2, 0.25) is 0 Å².